The van der Waals surface area contributed by atoms with Gasteiger partial charge in [0.2, 0.25) is 11.8 Å². The van der Waals surface area contributed by atoms with E-state index in [2.05, 4.69) is 5.32 Å². The molecule has 2 aliphatic rings. The molecule has 2 N–H and O–H groups in total. The molecule has 6 nitrogen and oxygen atoms in total. The van der Waals surface area contributed by atoms with Gasteiger partial charge in [-0.15, -0.1) is 0 Å². The van der Waals surface area contributed by atoms with E-state index in [1.807, 2.05) is 4.90 Å². The number of hydrogen-bond donors (Lipinski definition) is 2. The van der Waals surface area contributed by atoms with Crippen molar-refractivity contribution < 1.29 is 19.5 Å². The van der Waals surface area contributed by atoms with E-state index in [0.717, 1.165) is 45.2 Å². The molecule has 0 aromatic carbocycles. The second-order valence-corrected chi connectivity index (χ2v) is 5.64. The van der Waals surface area contributed by atoms with Crippen LogP contribution in [0.1, 0.15) is 38.5 Å². The fraction of sp³-hybridized carbons (Fsp3) is 0.786. The Morgan fingerprint density at radius 2 is 1.60 bits per heavy atom. The molecule has 2 fully saturated rings. The molecule has 1 saturated heterocycles. The van der Waals surface area contributed by atoms with Crippen LogP contribution in [-0.2, 0) is 14.4 Å². The molecular formula is C14H22N2O4. The van der Waals surface area contributed by atoms with Gasteiger partial charge in [0.15, 0.2) is 0 Å². The highest BCUT2D eigenvalue weighted by atomic mass is 16.4. The maximum absolute atomic E-state index is 12.5. The molecule has 2 amide bonds. The third-order valence-electron chi connectivity index (χ3n) is 4.25. The molecular weight excluding hydrogens is 260 g/mol. The van der Waals surface area contributed by atoms with Gasteiger partial charge < -0.3 is 15.3 Å². The second-order valence-electron chi connectivity index (χ2n) is 5.64. The minimum absolute atomic E-state index is 0.0812. The minimum Gasteiger partial charge on any atom is -0.480 e. The molecule has 6 heteroatoms. The first-order chi connectivity index (χ1) is 9.59. The number of carbonyl (C=O) groups excluding carboxylic acids is 2. The van der Waals surface area contributed by atoms with Crippen molar-refractivity contribution in [1.82, 2.24) is 10.2 Å². The summed E-state index contributed by atoms with van der Waals surface area (Å²) < 4.78 is 0. The maximum atomic E-state index is 12.5. The molecule has 2 rings (SSSR count). The lowest BCUT2D eigenvalue weighted by Gasteiger charge is -2.32. The van der Waals surface area contributed by atoms with Crippen LogP contribution in [-0.4, -0.2) is 47.4 Å². The van der Waals surface area contributed by atoms with Crippen LogP contribution in [0.25, 0.3) is 0 Å². The monoisotopic (exact) mass is 282 g/mol. The molecule has 2 atom stereocenters. The molecule has 0 aromatic heterocycles. The number of carboxylic acid groups (broad SMARTS) is 1. The van der Waals surface area contributed by atoms with Crippen molar-refractivity contribution in [3.63, 3.8) is 0 Å². The predicted octanol–water partition coefficient (Wildman–Crippen LogP) is 0.616. The SMILES string of the molecule is O=C(O)CNC(=O)[C@H]1CCCC[C@H]1C(=O)N1CCCC1. The van der Waals surface area contributed by atoms with Crippen LogP contribution in [0.2, 0.25) is 0 Å². The third-order valence-corrected chi connectivity index (χ3v) is 4.25. The molecule has 1 saturated carbocycles. The van der Waals surface area contributed by atoms with Gasteiger partial charge in [-0.1, -0.05) is 12.8 Å². The zero-order chi connectivity index (χ0) is 14.5. The Bertz CT molecular complexity index is 391. The van der Waals surface area contributed by atoms with Gasteiger partial charge in [0.25, 0.3) is 0 Å². The molecule has 0 unspecified atom stereocenters. The largest absolute Gasteiger partial charge is 0.480 e. The molecule has 112 valence electrons. The van der Waals surface area contributed by atoms with Crippen molar-refractivity contribution in [2.75, 3.05) is 19.6 Å². The highest BCUT2D eigenvalue weighted by Crippen LogP contribution is 2.32. The number of aliphatic carboxylic acids is 1. The minimum atomic E-state index is -1.06. The van der Waals surface area contributed by atoms with Crippen molar-refractivity contribution in [2.45, 2.75) is 38.5 Å². The summed E-state index contributed by atoms with van der Waals surface area (Å²) in [5, 5.41) is 11.0. The number of amides is 2. The fourth-order valence-electron chi connectivity index (χ4n) is 3.21. The van der Waals surface area contributed by atoms with Gasteiger partial charge in [-0.25, -0.2) is 0 Å². The van der Waals surface area contributed by atoms with Crippen LogP contribution in [0.3, 0.4) is 0 Å². The van der Waals surface area contributed by atoms with Crippen LogP contribution < -0.4 is 5.32 Å². The number of nitrogens with one attached hydrogen (secondary N) is 1. The highest BCUT2D eigenvalue weighted by Gasteiger charge is 2.38. The van der Waals surface area contributed by atoms with Crippen LogP contribution in [0.4, 0.5) is 0 Å². The quantitative estimate of drug-likeness (QED) is 0.791. The number of hydrogen-bond acceptors (Lipinski definition) is 3. The summed E-state index contributed by atoms with van der Waals surface area (Å²) >= 11 is 0. The molecule has 0 radical (unpaired) electrons. The van der Waals surface area contributed by atoms with E-state index in [4.69, 9.17) is 5.11 Å². The predicted molar refractivity (Wildman–Crippen MR) is 71.9 cm³/mol. The lowest BCUT2D eigenvalue weighted by atomic mass is 9.78. The molecule has 20 heavy (non-hydrogen) atoms. The Labute approximate surface area is 118 Å². The normalized spacial score (nSPS) is 26.3. The summed E-state index contributed by atoms with van der Waals surface area (Å²) in [4.78, 5) is 36.9. The molecule has 1 heterocycles. The Hall–Kier alpha value is -1.59. The average Bonchev–Trinajstić information content (AvgIpc) is 2.98. The summed E-state index contributed by atoms with van der Waals surface area (Å²) in [5.41, 5.74) is 0. The Morgan fingerprint density at radius 1 is 1.00 bits per heavy atom. The molecule has 1 aliphatic carbocycles. The summed E-state index contributed by atoms with van der Waals surface area (Å²) in [7, 11) is 0. The molecule has 0 aromatic rings. The van der Waals surface area contributed by atoms with Gasteiger partial charge in [0, 0.05) is 24.9 Å². The van der Waals surface area contributed by atoms with E-state index >= 15 is 0 Å². The number of nitrogens with zero attached hydrogens (tertiary/aromatic N) is 1. The van der Waals surface area contributed by atoms with Gasteiger partial charge in [0.1, 0.15) is 6.54 Å². The first kappa shape index (κ1) is 14.8. The third kappa shape index (κ3) is 3.49. The van der Waals surface area contributed by atoms with Crippen molar-refractivity contribution in [3.05, 3.63) is 0 Å². The number of carbonyl (C=O) groups is 3. The zero-order valence-corrected chi connectivity index (χ0v) is 11.6. The fourth-order valence-corrected chi connectivity index (χ4v) is 3.21. The van der Waals surface area contributed by atoms with Crippen molar-refractivity contribution in [1.29, 1.82) is 0 Å². The summed E-state index contributed by atoms with van der Waals surface area (Å²) in [5.74, 6) is -1.90. The summed E-state index contributed by atoms with van der Waals surface area (Å²) in [6.45, 7) is 1.21. The van der Waals surface area contributed by atoms with Crippen LogP contribution in [0, 0.1) is 11.8 Å². The van der Waals surface area contributed by atoms with E-state index in [0.29, 0.717) is 6.42 Å². The zero-order valence-electron chi connectivity index (χ0n) is 11.6. The summed E-state index contributed by atoms with van der Waals surface area (Å²) in [6.07, 6.45) is 5.38. The van der Waals surface area contributed by atoms with Gasteiger partial charge >= 0.3 is 5.97 Å². The van der Waals surface area contributed by atoms with E-state index in [1.165, 1.54) is 0 Å². The second kappa shape index (κ2) is 6.72. The summed E-state index contributed by atoms with van der Waals surface area (Å²) in [6, 6.07) is 0. The van der Waals surface area contributed by atoms with E-state index in [1.54, 1.807) is 0 Å². The lowest BCUT2D eigenvalue weighted by Crippen LogP contribution is -2.45. The van der Waals surface area contributed by atoms with Crippen molar-refractivity contribution >= 4 is 17.8 Å². The van der Waals surface area contributed by atoms with E-state index in [9.17, 15) is 14.4 Å². The maximum Gasteiger partial charge on any atom is 0.322 e. The lowest BCUT2D eigenvalue weighted by molar-refractivity contribution is -0.144. The molecule has 0 bridgehead atoms. The first-order valence-corrected chi connectivity index (χ1v) is 7.38. The standard InChI is InChI=1S/C14H22N2O4/c17-12(18)9-15-13(19)10-5-1-2-6-11(10)14(20)16-7-3-4-8-16/h10-11H,1-9H2,(H,15,19)(H,17,18)/t10-,11+/m0/s1. The van der Waals surface area contributed by atoms with Crippen molar-refractivity contribution in [2.24, 2.45) is 11.8 Å². The Balaban J connectivity index is 1.98. The number of rotatable bonds is 4. The molecule has 1 aliphatic heterocycles. The smallest absolute Gasteiger partial charge is 0.322 e. The number of likely N-dealkylation sites (tertiary alicyclic amines) is 1. The Morgan fingerprint density at radius 3 is 2.20 bits per heavy atom. The number of carboxylic acids is 1. The Kier molecular flexibility index (Phi) is 4.98. The van der Waals surface area contributed by atoms with E-state index in [-0.39, 0.29) is 30.2 Å². The van der Waals surface area contributed by atoms with Crippen LogP contribution >= 0.6 is 0 Å². The van der Waals surface area contributed by atoms with E-state index < -0.39 is 5.97 Å². The first-order valence-electron chi connectivity index (χ1n) is 7.38. The van der Waals surface area contributed by atoms with Crippen LogP contribution in [0.15, 0.2) is 0 Å². The highest BCUT2D eigenvalue weighted by molar-refractivity contribution is 5.89. The van der Waals surface area contributed by atoms with Gasteiger partial charge in [0.05, 0.1) is 0 Å². The topological polar surface area (TPSA) is 86.7 Å². The van der Waals surface area contributed by atoms with Gasteiger partial charge in [-0.3, -0.25) is 14.4 Å². The van der Waals surface area contributed by atoms with Gasteiger partial charge in [-0.2, -0.15) is 0 Å². The average molecular weight is 282 g/mol. The van der Waals surface area contributed by atoms with Crippen LogP contribution in [0.5, 0.6) is 0 Å². The van der Waals surface area contributed by atoms with Crippen molar-refractivity contribution in [3.8, 4) is 0 Å². The molecule has 0 spiro atoms. The van der Waals surface area contributed by atoms with Gasteiger partial charge in [-0.05, 0) is 25.7 Å².